The fourth-order valence-electron chi connectivity index (χ4n) is 2.56. The molecule has 0 aromatic heterocycles. The molecule has 0 fully saturated rings. The molecule has 0 aromatic rings. The van der Waals surface area contributed by atoms with E-state index >= 15 is 0 Å². The van der Waals surface area contributed by atoms with Crippen LogP contribution in [0.1, 0.15) is 54.4 Å². The topological polar surface area (TPSA) is 20.2 Å². The number of allylic oxidation sites excluding steroid dienone is 3. The molecule has 2 unspecified atom stereocenters. The number of hydrogen-bond acceptors (Lipinski definition) is 1. The van der Waals surface area contributed by atoms with Crippen LogP contribution in [0.25, 0.3) is 0 Å². The van der Waals surface area contributed by atoms with Crippen molar-refractivity contribution in [2.45, 2.75) is 60.5 Å². The van der Waals surface area contributed by atoms with E-state index < -0.39 is 0 Å². The Morgan fingerprint density at radius 3 is 2.53 bits per heavy atom. The van der Waals surface area contributed by atoms with Gasteiger partial charge in [0.15, 0.2) is 0 Å². The van der Waals surface area contributed by atoms with Gasteiger partial charge in [0.05, 0.1) is 6.10 Å². The summed E-state index contributed by atoms with van der Waals surface area (Å²) in [5.41, 5.74) is 2.96. The van der Waals surface area contributed by atoms with Gasteiger partial charge in [-0.25, -0.2) is 0 Å². The van der Waals surface area contributed by atoms with Crippen LogP contribution in [0.3, 0.4) is 0 Å². The number of aliphatic hydroxyl groups is 1. The van der Waals surface area contributed by atoms with Gasteiger partial charge in [-0.15, -0.1) is 0 Å². The highest BCUT2D eigenvalue weighted by Gasteiger charge is 2.33. The molecule has 1 aliphatic carbocycles. The fraction of sp³-hybridized carbons (Fsp3) is 0.750. The summed E-state index contributed by atoms with van der Waals surface area (Å²) in [6.45, 7) is 13.1. The van der Waals surface area contributed by atoms with Crippen LogP contribution < -0.4 is 0 Å². The van der Waals surface area contributed by atoms with E-state index in [1.165, 1.54) is 12.0 Å². The van der Waals surface area contributed by atoms with Gasteiger partial charge in [-0.3, -0.25) is 0 Å². The van der Waals surface area contributed by atoms with Crippen molar-refractivity contribution < 1.29 is 5.11 Å². The Hall–Kier alpha value is -0.560. The SMILES string of the molecule is CC1=CCC(C/C=C(\C)C(O)C(C)C)C1(C)C. The summed E-state index contributed by atoms with van der Waals surface area (Å²) >= 11 is 0. The number of aliphatic hydroxyl groups excluding tert-OH is 1. The van der Waals surface area contributed by atoms with Crippen molar-refractivity contribution in [3.05, 3.63) is 23.3 Å². The third kappa shape index (κ3) is 3.22. The van der Waals surface area contributed by atoms with Gasteiger partial charge >= 0.3 is 0 Å². The summed E-state index contributed by atoms with van der Waals surface area (Å²) < 4.78 is 0. The van der Waals surface area contributed by atoms with Crippen LogP contribution in [-0.2, 0) is 0 Å². The Morgan fingerprint density at radius 1 is 1.53 bits per heavy atom. The monoisotopic (exact) mass is 236 g/mol. The van der Waals surface area contributed by atoms with Gasteiger partial charge in [-0.1, -0.05) is 45.4 Å². The van der Waals surface area contributed by atoms with E-state index in [-0.39, 0.29) is 6.10 Å². The van der Waals surface area contributed by atoms with Crippen molar-refractivity contribution in [3.63, 3.8) is 0 Å². The Labute approximate surface area is 107 Å². The second-order valence-corrected chi connectivity index (χ2v) is 6.41. The van der Waals surface area contributed by atoms with Gasteiger partial charge in [0.25, 0.3) is 0 Å². The van der Waals surface area contributed by atoms with E-state index in [4.69, 9.17) is 0 Å². The maximum atomic E-state index is 9.97. The van der Waals surface area contributed by atoms with Crippen LogP contribution in [0, 0.1) is 17.3 Å². The summed E-state index contributed by atoms with van der Waals surface area (Å²) in [6.07, 6.45) is 6.58. The molecule has 1 N–H and O–H groups in total. The molecule has 17 heavy (non-hydrogen) atoms. The van der Waals surface area contributed by atoms with Gasteiger partial charge in [-0.2, -0.15) is 0 Å². The molecule has 2 atom stereocenters. The summed E-state index contributed by atoms with van der Waals surface area (Å²) in [6, 6.07) is 0. The highest BCUT2D eigenvalue weighted by molar-refractivity contribution is 5.19. The minimum Gasteiger partial charge on any atom is -0.389 e. The van der Waals surface area contributed by atoms with Crippen molar-refractivity contribution in [3.8, 4) is 0 Å². The molecule has 98 valence electrons. The average Bonchev–Trinajstić information content (AvgIpc) is 2.50. The first-order valence-electron chi connectivity index (χ1n) is 6.78. The molecule has 0 spiro atoms. The fourth-order valence-corrected chi connectivity index (χ4v) is 2.56. The van der Waals surface area contributed by atoms with E-state index in [0.29, 0.717) is 17.3 Å². The largest absolute Gasteiger partial charge is 0.389 e. The quantitative estimate of drug-likeness (QED) is 0.720. The first-order chi connectivity index (χ1) is 7.76. The lowest BCUT2D eigenvalue weighted by atomic mass is 9.76. The Balaban J connectivity index is 2.61. The van der Waals surface area contributed by atoms with Gasteiger partial charge in [0, 0.05) is 0 Å². The smallest absolute Gasteiger partial charge is 0.0770 e. The van der Waals surface area contributed by atoms with Crippen molar-refractivity contribution in [1.29, 1.82) is 0 Å². The Kier molecular flexibility index (Phi) is 4.60. The van der Waals surface area contributed by atoms with Crippen LogP contribution >= 0.6 is 0 Å². The molecular formula is C16H28O. The first kappa shape index (κ1) is 14.5. The van der Waals surface area contributed by atoms with E-state index in [0.717, 1.165) is 12.0 Å². The van der Waals surface area contributed by atoms with Crippen LogP contribution in [0.2, 0.25) is 0 Å². The summed E-state index contributed by atoms with van der Waals surface area (Å²) in [5.74, 6) is 1.000. The zero-order valence-electron chi connectivity index (χ0n) is 12.2. The summed E-state index contributed by atoms with van der Waals surface area (Å²) in [7, 11) is 0. The highest BCUT2D eigenvalue weighted by Crippen LogP contribution is 2.44. The molecule has 1 heteroatoms. The summed E-state index contributed by atoms with van der Waals surface area (Å²) in [5, 5.41) is 9.97. The van der Waals surface area contributed by atoms with E-state index in [2.05, 4.69) is 46.8 Å². The van der Waals surface area contributed by atoms with Crippen LogP contribution in [0.5, 0.6) is 0 Å². The van der Waals surface area contributed by atoms with E-state index in [9.17, 15) is 5.11 Å². The zero-order chi connectivity index (χ0) is 13.2. The number of hydrogen-bond donors (Lipinski definition) is 1. The van der Waals surface area contributed by atoms with Crippen LogP contribution in [0.4, 0.5) is 0 Å². The predicted octanol–water partition coefficient (Wildman–Crippen LogP) is 4.33. The predicted molar refractivity (Wildman–Crippen MR) is 74.9 cm³/mol. The second-order valence-electron chi connectivity index (χ2n) is 6.41. The van der Waals surface area contributed by atoms with Gasteiger partial charge in [0.1, 0.15) is 0 Å². The minimum atomic E-state index is -0.284. The molecule has 0 aromatic carbocycles. The molecule has 0 heterocycles. The second kappa shape index (κ2) is 5.39. The molecule has 1 nitrogen and oxygen atoms in total. The van der Waals surface area contributed by atoms with Crippen molar-refractivity contribution in [2.75, 3.05) is 0 Å². The minimum absolute atomic E-state index is 0.284. The van der Waals surface area contributed by atoms with Crippen molar-refractivity contribution in [2.24, 2.45) is 17.3 Å². The van der Waals surface area contributed by atoms with Gasteiger partial charge in [-0.05, 0) is 49.5 Å². The molecule has 0 saturated heterocycles. The lowest BCUT2D eigenvalue weighted by Gasteiger charge is -2.29. The van der Waals surface area contributed by atoms with Crippen LogP contribution in [-0.4, -0.2) is 11.2 Å². The van der Waals surface area contributed by atoms with Crippen molar-refractivity contribution >= 4 is 0 Å². The van der Waals surface area contributed by atoms with E-state index in [1.807, 2.05) is 6.92 Å². The zero-order valence-corrected chi connectivity index (χ0v) is 12.2. The van der Waals surface area contributed by atoms with Gasteiger partial charge in [0.2, 0.25) is 0 Å². The molecule has 0 amide bonds. The Bertz CT molecular complexity index is 320. The maximum absolute atomic E-state index is 9.97. The van der Waals surface area contributed by atoms with E-state index in [1.54, 1.807) is 0 Å². The molecule has 0 radical (unpaired) electrons. The molecule has 0 bridgehead atoms. The molecule has 1 aliphatic rings. The lowest BCUT2D eigenvalue weighted by molar-refractivity contribution is 0.159. The van der Waals surface area contributed by atoms with Crippen molar-refractivity contribution in [1.82, 2.24) is 0 Å². The third-order valence-corrected chi connectivity index (χ3v) is 4.57. The molecule has 0 saturated carbocycles. The molecule has 0 aliphatic heterocycles. The summed E-state index contributed by atoms with van der Waals surface area (Å²) in [4.78, 5) is 0. The van der Waals surface area contributed by atoms with Gasteiger partial charge < -0.3 is 5.11 Å². The van der Waals surface area contributed by atoms with Crippen LogP contribution in [0.15, 0.2) is 23.3 Å². The average molecular weight is 236 g/mol. The lowest BCUT2D eigenvalue weighted by Crippen LogP contribution is -2.21. The molecule has 1 rings (SSSR count). The highest BCUT2D eigenvalue weighted by atomic mass is 16.3. The first-order valence-corrected chi connectivity index (χ1v) is 6.78. The Morgan fingerprint density at radius 2 is 2.12 bits per heavy atom. The standard InChI is InChI=1S/C16H28O/c1-11(2)15(17)12(3)7-9-14-10-8-13(4)16(14,5)6/h7-8,11,14-15,17H,9-10H2,1-6H3/b12-7+. The molecular weight excluding hydrogens is 208 g/mol. The third-order valence-electron chi connectivity index (χ3n) is 4.57. The maximum Gasteiger partial charge on any atom is 0.0770 e. The normalized spacial score (nSPS) is 26.2. The number of rotatable bonds is 4.